The Morgan fingerprint density at radius 1 is 0.800 bits per heavy atom. The van der Waals surface area contributed by atoms with E-state index >= 15 is 0 Å². The van der Waals surface area contributed by atoms with E-state index in [9.17, 15) is 9.90 Å². The lowest BCUT2D eigenvalue weighted by Crippen LogP contribution is -2.15. The summed E-state index contributed by atoms with van der Waals surface area (Å²) in [6.07, 6.45) is 0.767. The first-order valence-corrected chi connectivity index (χ1v) is 6.62. The fourth-order valence-corrected chi connectivity index (χ4v) is 3.04. The lowest BCUT2D eigenvalue weighted by molar-refractivity contribution is 0.103. The van der Waals surface area contributed by atoms with Crippen LogP contribution in [0, 0.1) is 0 Å². The van der Waals surface area contributed by atoms with Crippen molar-refractivity contribution in [1.29, 1.82) is 0 Å². The van der Waals surface area contributed by atoms with Gasteiger partial charge in [-0.3, -0.25) is 4.79 Å². The molecule has 0 aromatic heterocycles. The van der Waals surface area contributed by atoms with Gasteiger partial charge >= 0.3 is 0 Å². The molecule has 1 aliphatic carbocycles. The Morgan fingerprint density at radius 2 is 1.65 bits per heavy atom. The molecule has 0 atom stereocenters. The summed E-state index contributed by atoms with van der Waals surface area (Å²) in [5.41, 5.74) is 3.62. The predicted molar refractivity (Wildman–Crippen MR) is 78.3 cm³/mol. The van der Waals surface area contributed by atoms with E-state index in [0.29, 0.717) is 0 Å². The SMILES string of the molecule is O=C1c2ccccc2Cc2ccc3c(O)cccc3c21. The number of aromatic hydroxyl groups is 1. The number of benzene rings is 3. The summed E-state index contributed by atoms with van der Waals surface area (Å²) in [4.78, 5) is 12.8. The molecule has 0 heterocycles. The van der Waals surface area contributed by atoms with E-state index < -0.39 is 0 Å². The standard InChI is InChI=1S/C18H12O2/c19-16-7-3-6-15-14(16)9-8-12-10-11-4-1-2-5-13(11)18(20)17(12)15/h1-9,19H,10H2. The fraction of sp³-hybridized carbons (Fsp3) is 0.0556. The van der Waals surface area contributed by atoms with Gasteiger partial charge in [0.1, 0.15) is 5.75 Å². The van der Waals surface area contributed by atoms with Gasteiger partial charge < -0.3 is 5.11 Å². The van der Waals surface area contributed by atoms with Crippen LogP contribution in [-0.2, 0) is 6.42 Å². The third kappa shape index (κ3) is 1.42. The molecule has 0 aliphatic heterocycles. The molecule has 1 N–H and O–H groups in total. The van der Waals surface area contributed by atoms with E-state index in [1.807, 2.05) is 42.5 Å². The highest BCUT2D eigenvalue weighted by atomic mass is 16.3. The number of phenols is 1. The molecule has 1 aliphatic rings. The van der Waals surface area contributed by atoms with Crippen molar-refractivity contribution in [2.75, 3.05) is 0 Å². The first-order chi connectivity index (χ1) is 9.75. The molecule has 4 rings (SSSR count). The van der Waals surface area contributed by atoms with Crippen molar-refractivity contribution in [3.05, 3.63) is 76.9 Å². The van der Waals surface area contributed by atoms with Gasteiger partial charge in [0.2, 0.25) is 0 Å². The maximum absolute atomic E-state index is 12.8. The number of hydrogen-bond donors (Lipinski definition) is 1. The minimum atomic E-state index is 0.0538. The lowest BCUT2D eigenvalue weighted by Gasteiger charge is -2.20. The predicted octanol–water partition coefficient (Wildman–Crippen LogP) is 3.68. The van der Waals surface area contributed by atoms with E-state index in [4.69, 9.17) is 0 Å². The van der Waals surface area contributed by atoms with E-state index in [1.165, 1.54) is 0 Å². The first kappa shape index (κ1) is 11.2. The smallest absolute Gasteiger partial charge is 0.194 e. The summed E-state index contributed by atoms with van der Waals surface area (Å²) in [7, 11) is 0. The molecule has 20 heavy (non-hydrogen) atoms. The number of hydrogen-bond acceptors (Lipinski definition) is 2. The number of ketones is 1. The number of carbonyl (C=O) groups is 1. The van der Waals surface area contributed by atoms with Crippen LogP contribution < -0.4 is 0 Å². The van der Waals surface area contributed by atoms with Crippen LogP contribution in [0.25, 0.3) is 10.8 Å². The van der Waals surface area contributed by atoms with Crippen molar-refractivity contribution in [2.45, 2.75) is 6.42 Å². The molecular weight excluding hydrogens is 248 g/mol. The summed E-state index contributed by atoms with van der Waals surface area (Å²) in [5.74, 6) is 0.273. The Balaban J connectivity index is 2.07. The van der Waals surface area contributed by atoms with Crippen molar-refractivity contribution in [2.24, 2.45) is 0 Å². The zero-order chi connectivity index (χ0) is 13.7. The number of carbonyl (C=O) groups excluding carboxylic acids is 1. The van der Waals surface area contributed by atoms with Gasteiger partial charge in [0.05, 0.1) is 0 Å². The Morgan fingerprint density at radius 3 is 2.55 bits per heavy atom. The van der Waals surface area contributed by atoms with Crippen LogP contribution in [0.15, 0.2) is 54.6 Å². The molecule has 0 amide bonds. The van der Waals surface area contributed by atoms with Crippen LogP contribution in [0.2, 0.25) is 0 Å². The number of phenolic OH excluding ortho intramolecular Hbond substituents is 1. The average Bonchev–Trinajstić information content (AvgIpc) is 2.47. The monoisotopic (exact) mass is 260 g/mol. The molecule has 0 bridgehead atoms. The van der Waals surface area contributed by atoms with E-state index in [0.717, 1.165) is 39.4 Å². The molecule has 3 aromatic rings. The third-order valence-corrected chi connectivity index (χ3v) is 3.99. The van der Waals surface area contributed by atoms with Gasteiger partial charge in [-0.15, -0.1) is 0 Å². The Bertz CT molecular complexity index is 862. The maximum Gasteiger partial charge on any atom is 0.194 e. The van der Waals surface area contributed by atoms with Gasteiger partial charge in [-0.05, 0) is 29.0 Å². The van der Waals surface area contributed by atoms with E-state index in [2.05, 4.69) is 0 Å². The summed E-state index contributed by atoms with van der Waals surface area (Å²) < 4.78 is 0. The minimum Gasteiger partial charge on any atom is -0.507 e. The Hall–Kier alpha value is -2.61. The van der Waals surface area contributed by atoms with Gasteiger partial charge in [0, 0.05) is 16.5 Å². The normalized spacial score (nSPS) is 13.1. The fourth-order valence-electron chi connectivity index (χ4n) is 3.04. The van der Waals surface area contributed by atoms with Crippen LogP contribution >= 0.6 is 0 Å². The van der Waals surface area contributed by atoms with E-state index in [1.54, 1.807) is 12.1 Å². The van der Waals surface area contributed by atoms with Crippen molar-refractivity contribution >= 4 is 16.6 Å². The van der Waals surface area contributed by atoms with Gasteiger partial charge in [-0.2, -0.15) is 0 Å². The van der Waals surface area contributed by atoms with Gasteiger partial charge in [-0.25, -0.2) is 0 Å². The zero-order valence-electron chi connectivity index (χ0n) is 10.8. The maximum atomic E-state index is 12.8. The van der Waals surface area contributed by atoms with Crippen LogP contribution in [-0.4, -0.2) is 10.9 Å². The highest BCUT2D eigenvalue weighted by Crippen LogP contribution is 2.35. The average molecular weight is 260 g/mol. The largest absolute Gasteiger partial charge is 0.507 e. The second kappa shape index (κ2) is 3.94. The van der Waals surface area contributed by atoms with E-state index in [-0.39, 0.29) is 11.5 Å². The minimum absolute atomic E-state index is 0.0538. The topological polar surface area (TPSA) is 37.3 Å². The summed E-state index contributed by atoms with van der Waals surface area (Å²) in [6.45, 7) is 0. The quantitative estimate of drug-likeness (QED) is 0.523. The molecule has 96 valence electrons. The molecular formula is C18H12O2. The molecule has 0 saturated heterocycles. The van der Waals surface area contributed by atoms with Gasteiger partial charge in [-0.1, -0.05) is 48.5 Å². The highest BCUT2D eigenvalue weighted by Gasteiger charge is 2.25. The molecule has 2 nitrogen and oxygen atoms in total. The number of fused-ring (bicyclic) bond motifs is 4. The molecule has 0 spiro atoms. The van der Waals surface area contributed by atoms with Gasteiger partial charge in [0.25, 0.3) is 0 Å². The van der Waals surface area contributed by atoms with Crippen molar-refractivity contribution in [3.63, 3.8) is 0 Å². The third-order valence-electron chi connectivity index (χ3n) is 3.99. The van der Waals surface area contributed by atoms with Gasteiger partial charge in [0.15, 0.2) is 5.78 Å². The summed E-state index contributed by atoms with van der Waals surface area (Å²) in [5, 5.41) is 11.5. The van der Waals surface area contributed by atoms with Crippen LogP contribution in [0.4, 0.5) is 0 Å². The summed E-state index contributed by atoms with van der Waals surface area (Å²) >= 11 is 0. The van der Waals surface area contributed by atoms with Crippen molar-refractivity contribution in [1.82, 2.24) is 0 Å². The molecule has 0 radical (unpaired) electrons. The molecule has 0 saturated carbocycles. The van der Waals surface area contributed by atoms with Crippen LogP contribution in [0.5, 0.6) is 5.75 Å². The molecule has 3 aromatic carbocycles. The molecule has 0 fully saturated rings. The van der Waals surface area contributed by atoms with Crippen molar-refractivity contribution < 1.29 is 9.90 Å². The molecule has 2 heteroatoms. The highest BCUT2D eigenvalue weighted by molar-refractivity contribution is 6.19. The zero-order valence-corrected chi connectivity index (χ0v) is 10.8. The molecule has 0 unspecified atom stereocenters. The lowest BCUT2D eigenvalue weighted by atomic mass is 9.82. The van der Waals surface area contributed by atoms with Crippen molar-refractivity contribution in [3.8, 4) is 5.75 Å². The summed E-state index contributed by atoms with van der Waals surface area (Å²) in [6, 6.07) is 16.9. The second-order valence-electron chi connectivity index (χ2n) is 5.13. The second-order valence-corrected chi connectivity index (χ2v) is 5.13. The number of rotatable bonds is 0. The first-order valence-electron chi connectivity index (χ1n) is 6.62. The Kier molecular flexibility index (Phi) is 2.21. The Labute approximate surface area is 116 Å². The van der Waals surface area contributed by atoms with Crippen LogP contribution in [0.1, 0.15) is 27.0 Å². The van der Waals surface area contributed by atoms with Crippen LogP contribution in [0.3, 0.4) is 0 Å².